The van der Waals surface area contributed by atoms with Crippen LogP contribution in [0.5, 0.6) is 0 Å². The van der Waals surface area contributed by atoms with Crippen LogP contribution in [0.1, 0.15) is 13.3 Å². The molecule has 1 heterocycles. The Morgan fingerprint density at radius 3 is 2.57 bits per heavy atom. The Morgan fingerprint density at radius 1 is 1.29 bits per heavy atom. The Labute approximate surface area is 83.5 Å². The van der Waals surface area contributed by atoms with Crippen LogP contribution in [0, 0.1) is 0 Å². The molecule has 3 nitrogen and oxygen atoms in total. The van der Waals surface area contributed by atoms with E-state index < -0.39 is 0 Å². The van der Waals surface area contributed by atoms with Crippen LogP contribution >= 0.6 is 0 Å². The van der Waals surface area contributed by atoms with Crippen molar-refractivity contribution in [3.05, 3.63) is 24.3 Å². The second-order valence-corrected chi connectivity index (χ2v) is 3.71. The second kappa shape index (κ2) is 3.70. The molecule has 0 fully saturated rings. The molecule has 0 saturated heterocycles. The number of hydrogen-bond donors (Lipinski definition) is 2. The van der Waals surface area contributed by atoms with Gasteiger partial charge < -0.3 is 15.4 Å². The van der Waals surface area contributed by atoms with Gasteiger partial charge in [-0.1, -0.05) is 12.1 Å². The first kappa shape index (κ1) is 9.06. The number of fused-ring (bicyclic) bond motifs is 1. The maximum absolute atomic E-state index is 10.8. The summed E-state index contributed by atoms with van der Waals surface area (Å²) in [5.41, 5.74) is 2.08. The monoisotopic (exact) mass is 190 g/mol. The van der Waals surface area contributed by atoms with E-state index in [2.05, 4.69) is 17.6 Å². The third kappa shape index (κ3) is 1.71. The Bertz CT molecular complexity index is 338. The normalized spacial score (nSPS) is 25.2. The van der Waals surface area contributed by atoms with Crippen LogP contribution in [-0.2, 0) is 4.79 Å². The highest BCUT2D eigenvalue weighted by Crippen LogP contribution is 2.26. The summed E-state index contributed by atoms with van der Waals surface area (Å²) < 4.78 is 0. The molecule has 2 atom stereocenters. The van der Waals surface area contributed by atoms with E-state index in [-0.39, 0.29) is 6.04 Å². The number of nitrogens with one attached hydrogen (secondary N) is 2. The molecule has 0 aromatic heterocycles. The Kier molecular flexibility index (Phi) is 2.39. The minimum atomic E-state index is -0.0823. The maximum atomic E-state index is 10.8. The fourth-order valence-electron chi connectivity index (χ4n) is 1.79. The van der Waals surface area contributed by atoms with Crippen LogP contribution in [0.3, 0.4) is 0 Å². The van der Waals surface area contributed by atoms with Gasteiger partial charge >= 0.3 is 0 Å². The van der Waals surface area contributed by atoms with Gasteiger partial charge in [0.2, 0.25) is 0 Å². The number of rotatable bonds is 1. The van der Waals surface area contributed by atoms with Crippen LogP contribution < -0.4 is 10.6 Å². The molecule has 0 bridgehead atoms. The third-order valence-electron chi connectivity index (χ3n) is 2.44. The second-order valence-electron chi connectivity index (χ2n) is 3.71. The van der Waals surface area contributed by atoms with Crippen molar-refractivity contribution < 1.29 is 4.79 Å². The van der Waals surface area contributed by atoms with Gasteiger partial charge in [-0.05, 0) is 25.5 Å². The Hall–Kier alpha value is -1.51. The zero-order valence-electron chi connectivity index (χ0n) is 8.16. The number of hydrogen-bond acceptors (Lipinski definition) is 3. The molecule has 1 aliphatic heterocycles. The zero-order chi connectivity index (χ0) is 9.97. The van der Waals surface area contributed by atoms with Crippen molar-refractivity contribution in [1.82, 2.24) is 0 Å². The van der Waals surface area contributed by atoms with Crippen molar-refractivity contribution in [3.8, 4) is 0 Å². The number of carbonyl (C=O) groups is 1. The summed E-state index contributed by atoms with van der Waals surface area (Å²) in [6.45, 7) is 2.08. The van der Waals surface area contributed by atoms with Gasteiger partial charge in [0.1, 0.15) is 6.29 Å². The molecule has 1 aromatic carbocycles. The summed E-state index contributed by atoms with van der Waals surface area (Å²) in [7, 11) is 0. The minimum absolute atomic E-state index is 0.0823. The van der Waals surface area contributed by atoms with Gasteiger partial charge in [0.15, 0.2) is 0 Å². The van der Waals surface area contributed by atoms with Crippen LogP contribution in [0.2, 0.25) is 0 Å². The highest BCUT2D eigenvalue weighted by Gasteiger charge is 2.18. The van der Waals surface area contributed by atoms with E-state index in [4.69, 9.17) is 0 Å². The summed E-state index contributed by atoms with van der Waals surface area (Å²) in [6.07, 6.45) is 1.79. The molecule has 0 amide bonds. The maximum Gasteiger partial charge on any atom is 0.142 e. The molecular weight excluding hydrogens is 176 g/mol. The number of anilines is 2. The molecule has 1 aliphatic rings. The van der Waals surface area contributed by atoms with E-state index in [9.17, 15) is 4.79 Å². The lowest BCUT2D eigenvalue weighted by Gasteiger charge is -2.12. The van der Waals surface area contributed by atoms with Crippen molar-refractivity contribution in [1.29, 1.82) is 0 Å². The molecule has 0 radical (unpaired) electrons. The van der Waals surface area contributed by atoms with Crippen molar-refractivity contribution >= 4 is 17.7 Å². The van der Waals surface area contributed by atoms with Crippen molar-refractivity contribution in [3.63, 3.8) is 0 Å². The van der Waals surface area contributed by atoms with E-state index in [1.807, 2.05) is 24.3 Å². The van der Waals surface area contributed by atoms with Gasteiger partial charge in [-0.15, -0.1) is 0 Å². The van der Waals surface area contributed by atoms with E-state index in [1.54, 1.807) is 0 Å². The van der Waals surface area contributed by atoms with Crippen LogP contribution in [0.25, 0.3) is 0 Å². The SMILES string of the molecule is CC1CC(C=O)Nc2ccccc2N1. The average molecular weight is 190 g/mol. The average Bonchev–Trinajstić information content (AvgIpc) is 2.35. The molecule has 1 aromatic rings. The first-order valence-corrected chi connectivity index (χ1v) is 4.87. The van der Waals surface area contributed by atoms with Gasteiger partial charge in [-0.3, -0.25) is 0 Å². The van der Waals surface area contributed by atoms with Crippen molar-refractivity contribution in [2.24, 2.45) is 0 Å². The molecule has 2 N–H and O–H groups in total. The number of para-hydroxylation sites is 2. The molecular formula is C11H14N2O. The van der Waals surface area contributed by atoms with E-state index in [1.165, 1.54) is 0 Å². The van der Waals surface area contributed by atoms with Gasteiger partial charge in [-0.2, -0.15) is 0 Å². The Morgan fingerprint density at radius 2 is 1.93 bits per heavy atom. The molecule has 0 aliphatic carbocycles. The van der Waals surface area contributed by atoms with Crippen molar-refractivity contribution in [2.75, 3.05) is 10.6 Å². The van der Waals surface area contributed by atoms with Crippen LogP contribution in [-0.4, -0.2) is 18.4 Å². The molecule has 74 valence electrons. The zero-order valence-corrected chi connectivity index (χ0v) is 8.16. The molecule has 0 saturated carbocycles. The van der Waals surface area contributed by atoms with Gasteiger partial charge in [0.05, 0.1) is 17.4 Å². The lowest BCUT2D eigenvalue weighted by molar-refractivity contribution is -0.108. The highest BCUT2D eigenvalue weighted by molar-refractivity contribution is 5.75. The highest BCUT2D eigenvalue weighted by atomic mass is 16.1. The smallest absolute Gasteiger partial charge is 0.142 e. The Balaban J connectivity index is 2.32. The molecule has 14 heavy (non-hydrogen) atoms. The number of benzene rings is 1. The first-order valence-electron chi connectivity index (χ1n) is 4.87. The van der Waals surface area contributed by atoms with E-state index >= 15 is 0 Å². The largest absolute Gasteiger partial charge is 0.381 e. The summed E-state index contributed by atoms with van der Waals surface area (Å²) in [5, 5.41) is 6.57. The predicted octanol–water partition coefficient (Wildman–Crippen LogP) is 1.87. The lowest BCUT2D eigenvalue weighted by Crippen LogP contribution is -2.25. The quantitative estimate of drug-likeness (QED) is 0.664. The number of aldehydes is 1. The predicted molar refractivity (Wildman–Crippen MR) is 57.6 cm³/mol. The number of carbonyl (C=O) groups excluding carboxylic acids is 1. The summed E-state index contributed by atoms with van der Waals surface area (Å²) in [6, 6.07) is 8.19. The van der Waals surface area contributed by atoms with Gasteiger partial charge in [-0.25, -0.2) is 0 Å². The summed E-state index contributed by atoms with van der Waals surface area (Å²) in [5.74, 6) is 0. The van der Waals surface area contributed by atoms with Gasteiger partial charge in [0, 0.05) is 6.04 Å². The lowest BCUT2D eigenvalue weighted by atomic mass is 10.1. The standard InChI is InChI=1S/C11H14N2O/c1-8-6-9(7-14)13-11-5-3-2-4-10(11)12-8/h2-5,7-9,12-13H,6H2,1H3. The first-order chi connectivity index (χ1) is 6.79. The van der Waals surface area contributed by atoms with Crippen LogP contribution in [0.15, 0.2) is 24.3 Å². The summed E-state index contributed by atoms with van der Waals surface area (Å²) in [4.78, 5) is 10.8. The topological polar surface area (TPSA) is 41.1 Å². The van der Waals surface area contributed by atoms with Gasteiger partial charge in [0.25, 0.3) is 0 Å². The molecule has 3 heteroatoms. The van der Waals surface area contributed by atoms with Crippen molar-refractivity contribution in [2.45, 2.75) is 25.4 Å². The van der Waals surface area contributed by atoms with E-state index in [0.29, 0.717) is 6.04 Å². The van der Waals surface area contributed by atoms with E-state index in [0.717, 1.165) is 24.1 Å². The fraction of sp³-hybridized carbons (Fsp3) is 0.364. The summed E-state index contributed by atoms with van der Waals surface area (Å²) >= 11 is 0. The minimum Gasteiger partial charge on any atom is -0.381 e. The molecule has 2 rings (SSSR count). The fourth-order valence-corrected chi connectivity index (χ4v) is 1.79. The molecule has 2 unspecified atom stereocenters. The van der Waals surface area contributed by atoms with Crippen LogP contribution in [0.4, 0.5) is 11.4 Å². The third-order valence-corrected chi connectivity index (χ3v) is 2.44. The molecule has 0 spiro atoms.